The van der Waals surface area contributed by atoms with E-state index in [1.54, 1.807) is 19.9 Å². The number of anilines is 1. The number of benzene rings is 1. The number of halogens is 1. The molecule has 0 aliphatic rings. The lowest BCUT2D eigenvalue weighted by molar-refractivity contribution is -0.128. The SMILES string of the molecule is CCOC(CN(c1ccccc1F)S(C)(=O)=O)OCC. The minimum absolute atomic E-state index is 0.0144. The predicted molar refractivity (Wildman–Crippen MR) is 75.6 cm³/mol. The van der Waals surface area contributed by atoms with Gasteiger partial charge in [-0.25, -0.2) is 12.8 Å². The van der Waals surface area contributed by atoms with Gasteiger partial charge in [0.1, 0.15) is 5.82 Å². The average Bonchev–Trinajstić information content (AvgIpc) is 2.36. The molecule has 0 saturated carbocycles. The van der Waals surface area contributed by atoms with Gasteiger partial charge in [-0.1, -0.05) is 12.1 Å². The van der Waals surface area contributed by atoms with Crippen LogP contribution in [0.1, 0.15) is 13.8 Å². The third-order valence-corrected chi connectivity index (χ3v) is 3.69. The summed E-state index contributed by atoms with van der Waals surface area (Å²) in [6, 6.07) is 5.70. The minimum Gasteiger partial charge on any atom is -0.351 e. The molecule has 7 heteroatoms. The molecular formula is C13H20FNO4S. The van der Waals surface area contributed by atoms with E-state index in [-0.39, 0.29) is 12.2 Å². The fourth-order valence-electron chi connectivity index (χ4n) is 1.73. The van der Waals surface area contributed by atoms with Crippen molar-refractivity contribution in [1.82, 2.24) is 0 Å². The molecule has 0 fully saturated rings. The monoisotopic (exact) mass is 305 g/mol. The number of hydrogen-bond acceptors (Lipinski definition) is 4. The molecule has 0 aliphatic carbocycles. The van der Waals surface area contributed by atoms with Crippen LogP contribution in [-0.4, -0.2) is 40.7 Å². The molecule has 1 rings (SSSR count). The van der Waals surface area contributed by atoms with Crippen LogP contribution in [0.15, 0.2) is 24.3 Å². The topological polar surface area (TPSA) is 55.8 Å². The van der Waals surface area contributed by atoms with Gasteiger partial charge in [0.2, 0.25) is 10.0 Å². The summed E-state index contributed by atoms with van der Waals surface area (Å²) in [5, 5.41) is 0. The van der Waals surface area contributed by atoms with Crippen molar-refractivity contribution in [1.29, 1.82) is 0 Å². The van der Waals surface area contributed by atoms with E-state index in [0.29, 0.717) is 13.2 Å². The standard InChI is InChI=1S/C13H20FNO4S/c1-4-18-13(19-5-2)10-15(20(3,16)17)12-9-7-6-8-11(12)14/h6-9,13H,4-5,10H2,1-3H3. The Morgan fingerprint density at radius 1 is 1.20 bits per heavy atom. The molecule has 0 spiro atoms. The lowest BCUT2D eigenvalue weighted by atomic mass is 10.3. The van der Waals surface area contributed by atoms with Crippen molar-refractivity contribution in [3.05, 3.63) is 30.1 Å². The molecule has 0 unspecified atom stereocenters. The van der Waals surface area contributed by atoms with E-state index < -0.39 is 22.1 Å². The summed E-state index contributed by atoms with van der Waals surface area (Å²) in [6.45, 7) is 4.21. The van der Waals surface area contributed by atoms with Gasteiger partial charge >= 0.3 is 0 Å². The van der Waals surface area contributed by atoms with E-state index in [2.05, 4.69) is 0 Å². The number of nitrogens with zero attached hydrogens (tertiary/aromatic N) is 1. The van der Waals surface area contributed by atoms with Crippen molar-refractivity contribution >= 4 is 15.7 Å². The van der Waals surface area contributed by atoms with Crippen LogP contribution in [0.3, 0.4) is 0 Å². The van der Waals surface area contributed by atoms with Gasteiger partial charge in [-0.05, 0) is 26.0 Å². The van der Waals surface area contributed by atoms with Crippen LogP contribution in [0, 0.1) is 5.82 Å². The summed E-state index contributed by atoms with van der Waals surface area (Å²) in [4.78, 5) is 0. The van der Waals surface area contributed by atoms with Gasteiger partial charge in [-0.3, -0.25) is 4.31 Å². The average molecular weight is 305 g/mol. The maximum Gasteiger partial charge on any atom is 0.232 e. The number of ether oxygens (including phenoxy) is 2. The van der Waals surface area contributed by atoms with Gasteiger partial charge < -0.3 is 9.47 Å². The quantitative estimate of drug-likeness (QED) is 0.689. The molecule has 0 heterocycles. The molecule has 1 aromatic rings. The molecule has 1 aromatic carbocycles. The molecule has 0 bridgehead atoms. The molecule has 0 radical (unpaired) electrons. The highest BCUT2D eigenvalue weighted by atomic mass is 32.2. The smallest absolute Gasteiger partial charge is 0.232 e. The summed E-state index contributed by atoms with van der Waals surface area (Å²) in [5.74, 6) is -0.607. The van der Waals surface area contributed by atoms with Crippen LogP contribution in [-0.2, 0) is 19.5 Å². The van der Waals surface area contributed by atoms with Crippen molar-refractivity contribution in [2.24, 2.45) is 0 Å². The van der Waals surface area contributed by atoms with Gasteiger partial charge in [0.15, 0.2) is 6.29 Å². The zero-order chi connectivity index (χ0) is 15.2. The van der Waals surface area contributed by atoms with E-state index >= 15 is 0 Å². The summed E-state index contributed by atoms with van der Waals surface area (Å²) >= 11 is 0. The van der Waals surface area contributed by atoms with Crippen molar-refractivity contribution in [2.45, 2.75) is 20.1 Å². The second-order valence-electron chi connectivity index (χ2n) is 4.09. The lowest BCUT2D eigenvalue weighted by Gasteiger charge is -2.27. The molecule has 0 amide bonds. The number of hydrogen-bond donors (Lipinski definition) is 0. The third kappa shape index (κ3) is 4.73. The highest BCUT2D eigenvalue weighted by molar-refractivity contribution is 7.92. The third-order valence-electron chi connectivity index (χ3n) is 2.54. The first-order chi connectivity index (χ1) is 9.40. The molecule has 0 atom stereocenters. The van der Waals surface area contributed by atoms with Gasteiger partial charge in [0, 0.05) is 13.2 Å². The van der Waals surface area contributed by atoms with Crippen LogP contribution >= 0.6 is 0 Å². The fourth-order valence-corrected chi connectivity index (χ4v) is 2.62. The normalized spacial score (nSPS) is 11.8. The van der Waals surface area contributed by atoms with E-state index in [0.717, 1.165) is 10.6 Å². The van der Waals surface area contributed by atoms with Gasteiger partial charge in [0.25, 0.3) is 0 Å². The van der Waals surface area contributed by atoms with E-state index in [1.165, 1.54) is 18.2 Å². The molecule has 5 nitrogen and oxygen atoms in total. The summed E-state index contributed by atoms with van der Waals surface area (Å²) in [6.07, 6.45) is 0.285. The zero-order valence-corrected chi connectivity index (χ0v) is 12.7. The Balaban J connectivity index is 3.05. The maximum absolute atomic E-state index is 13.8. The Kier molecular flexibility index (Phi) is 6.38. The second-order valence-corrected chi connectivity index (χ2v) is 5.99. The first-order valence-electron chi connectivity index (χ1n) is 6.35. The fraction of sp³-hybridized carbons (Fsp3) is 0.538. The Labute approximate surface area is 119 Å². The molecule has 0 aromatic heterocycles. The minimum atomic E-state index is -3.64. The van der Waals surface area contributed by atoms with Crippen molar-refractivity contribution < 1.29 is 22.3 Å². The lowest BCUT2D eigenvalue weighted by Crippen LogP contribution is -2.39. The first kappa shape index (κ1) is 16.9. The Morgan fingerprint density at radius 3 is 2.20 bits per heavy atom. The summed E-state index contributed by atoms with van der Waals surface area (Å²) < 4.78 is 49.2. The number of para-hydroxylation sites is 1. The van der Waals surface area contributed by atoms with Crippen molar-refractivity contribution in [3.8, 4) is 0 Å². The molecular weight excluding hydrogens is 285 g/mol. The Morgan fingerprint density at radius 2 is 1.75 bits per heavy atom. The van der Waals surface area contributed by atoms with Gasteiger partial charge in [-0.15, -0.1) is 0 Å². The molecule has 114 valence electrons. The molecule has 0 N–H and O–H groups in total. The van der Waals surface area contributed by atoms with E-state index in [1.807, 2.05) is 0 Å². The van der Waals surface area contributed by atoms with Crippen molar-refractivity contribution in [3.63, 3.8) is 0 Å². The first-order valence-corrected chi connectivity index (χ1v) is 8.20. The van der Waals surface area contributed by atoms with E-state index in [4.69, 9.17) is 9.47 Å². The van der Waals surface area contributed by atoms with Gasteiger partial charge in [-0.2, -0.15) is 0 Å². The number of sulfonamides is 1. The van der Waals surface area contributed by atoms with Crippen LogP contribution in [0.25, 0.3) is 0 Å². The van der Waals surface area contributed by atoms with E-state index in [9.17, 15) is 12.8 Å². The van der Waals surface area contributed by atoms with Gasteiger partial charge in [0.05, 0.1) is 18.5 Å². The Bertz CT molecular complexity index is 515. The summed E-state index contributed by atoms with van der Waals surface area (Å²) in [5.41, 5.74) is -0.0144. The second kappa shape index (κ2) is 7.56. The largest absolute Gasteiger partial charge is 0.351 e. The number of rotatable bonds is 8. The van der Waals surface area contributed by atoms with Crippen LogP contribution in [0.5, 0.6) is 0 Å². The molecule has 20 heavy (non-hydrogen) atoms. The zero-order valence-electron chi connectivity index (χ0n) is 11.9. The highest BCUT2D eigenvalue weighted by Crippen LogP contribution is 2.22. The molecule has 0 saturated heterocycles. The van der Waals surface area contributed by atoms with Crippen molar-refractivity contribution in [2.75, 3.05) is 30.3 Å². The Hall–Kier alpha value is -1.18. The van der Waals surface area contributed by atoms with Crippen LogP contribution in [0.4, 0.5) is 10.1 Å². The predicted octanol–water partition coefficient (Wildman–Crippen LogP) is 1.99. The van der Waals surface area contributed by atoms with Crippen LogP contribution in [0.2, 0.25) is 0 Å². The molecule has 0 aliphatic heterocycles. The maximum atomic E-state index is 13.8. The highest BCUT2D eigenvalue weighted by Gasteiger charge is 2.24. The summed E-state index contributed by atoms with van der Waals surface area (Å²) in [7, 11) is -3.64. The van der Waals surface area contributed by atoms with Crippen LogP contribution < -0.4 is 4.31 Å².